The molecule has 2 aliphatic rings. The molecule has 4 atom stereocenters. The van der Waals surface area contributed by atoms with Crippen LogP contribution in [0.4, 0.5) is 5.69 Å². The van der Waals surface area contributed by atoms with Crippen LogP contribution in [0.15, 0.2) is 24.3 Å². The van der Waals surface area contributed by atoms with Gasteiger partial charge in [-0.15, -0.1) is 0 Å². The van der Waals surface area contributed by atoms with Gasteiger partial charge in [-0.2, -0.15) is 0 Å². The summed E-state index contributed by atoms with van der Waals surface area (Å²) in [6.07, 6.45) is 4.11. The molecule has 0 bridgehead atoms. The molecule has 1 aromatic rings. The number of methoxy groups -OCH3 is 1. The minimum absolute atomic E-state index is 0.00473. The molecule has 1 saturated heterocycles. The number of benzene rings is 1. The minimum Gasteiger partial charge on any atom is -0.497 e. The van der Waals surface area contributed by atoms with E-state index in [1.54, 1.807) is 7.11 Å². The van der Waals surface area contributed by atoms with Crippen LogP contribution < -0.4 is 9.64 Å². The molecule has 1 saturated carbocycles. The van der Waals surface area contributed by atoms with E-state index in [9.17, 15) is 10.2 Å². The Morgan fingerprint density at radius 3 is 2.64 bits per heavy atom. The molecule has 0 radical (unpaired) electrons. The van der Waals surface area contributed by atoms with Crippen LogP contribution in [0.25, 0.3) is 0 Å². The Bertz CT molecular complexity index is 504. The first-order chi connectivity index (χ1) is 10.6. The number of anilines is 1. The first kappa shape index (κ1) is 15.6. The molecule has 4 heteroatoms. The average Bonchev–Trinajstić information content (AvgIpc) is 2.55. The Morgan fingerprint density at radius 2 is 2.00 bits per heavy atom. The highest BCUT2D eigenvalue weighted by atomic mass is 16.5. The molecule has 4 nitrogen and oxygen atoms in total. The van der Waals surface area contributed by atoms with Crippen molar-refractivity contribution in [2.24, 2.45) is 11.8 Å². The Morgan fingerprint density at radius 1 is 1.27 bits per heavy atom. The molecule has 1 aliphatic carbocycles. The monoisotopic (exact) mass is 305 g/mol. The van der Waals surface area contributed by atoms with Gasteiger partial charge in [0.15, 0.2) is 0 Å². The number of ether oxygens (including phenoxy) is 1. The fourth-order valence-electron chi connectivity index (χ4n) is 4.45. The van der Waals surface area contributed by atoms with Crippen LogP contribution in [0.5, 0.6) is 5.75 Å². The summed E-state index contributed by atoms with van der Waals surface area (Å²) in [4.78, 5) is 2.27. The maximum absolute atomic E-state index is 11.2. The standard InChI is InChI=1S/C18H27NO3/c1-13-11-19(14-6-8-15(22-2)9-7-14)17(12-20)16-5-3-4-10-18(13,16)21/h6-9,13,16-17,20-21H,3-5,10-12H2,1-2H3/t13-,16-,17+,18-/m0/s1. The minimum atomic E-state index is -0.616. The van der Waals surface area contributed by atoms with E-state index < -0.39 is 5.60 Å². The van der Waals surface area contributed by atoms with Crippen molar-refractivity contribution in [3.63, 3.8) is 0 Å². The highest BCUT2D eigenvalue weighted by Crippen LogP contribution is 2.46. The predicted octanol–water partition coefficient (Wildman–Crippen LogP) is 2.43. The summed E-state index contributed by atoms with van der Waals surface area (Å²) < 4.78 is 5.22. The SMILES string of the molecule is COc1ccc(N2C[C@H](C)[C@@]3(O)CCCC[C@H]3[C@H]2CO)cc1. The third kappa shape index (κ3) is 2.48. The van der Waals surface area contributed by atoms with E-state index in [4.69, 9.17) is 4.74 Å². The molecule has 3 rings (SSSR count). The summed E-state index contributed by atoms with van der Waals surface area (Å²) in [6, 6.07) is 7.99. The lowest BCUT2D eigenvalue weighted by Gasteiger charge is -2.56. The molecule has 2 fully saturated rings. The number of aliphatic hydroxyl groups excluding tert-OH is 1. The third-order valence-electron chi connectivity index (χ3n) is 5.76. The highest BCUT2D eigenvalue weighted by molar-refractivity contribution is 5.51. The van der Waals surface area contributed by atoms with Crippen LogP contribution in [-0.4, -0.2) is 42.1 Å². The Hall–Kier alpha value is -1.26. The Labute approximate surface area is 132 Å². The largest absolute Gasteiger partial charge is 0.497 e. The molecule has 22 heavy (non-hydrogen) atoms. The lowest BCUT2D eigenvalue weighted by Crippen LogP contribution is -2.64. The van der Waals surface area contributed by atoms with E-state index in [1.807, 2.05) is 24.3 Å². The highest BCUT2D eigenvalue weighted by Gasteiger charge is 2.52. The van der Waals surface area contributed by atoms with E-state index in [0.29, 0.717) is 0 Å². The number of hydrogen-bond acceptors (Lipinski definition) is 4. The number of fused-ring (bicyclic) bond motifs is 1. The van der Waals surface area contributed by atoms with Crippen LogP contribution in [0.3, 0.4) is 0 Å². The molecule has 122 valence electrons. The van der Waals surface area contributed by atoms with Crippen LogP contribution in [0, 0.1) is 11.8 Å². The van der Waals surface area contributed by atoms with E-state index >= 15 is 0 Å². The second-order valence-corrected chi connectivity index (χ2v) is 6.84. The van der Waals surface area contributed by atoms with Crippen LogP contribution >= 0.6 is 0 Å². The van der Waals surface area contributed by atoms with Crippen molar-refractivity contribution in [1.82, 2.24) is 0 Å². The lowest BCUT2D eigenvalue weighted by molar-refractivity contribution is -0.117. The molecule has 2 N–H and O–H groups in total. The Kier molecular flexibility index (Phi) is 4.33. The number of aliphatic hydroxyl groups is 2. The number of piperidine rings is 1. The van der Waals surface area contributed by atoms with Gasteiger partial charge in [-0.1, -0.05) is 19.8 Å². The topological polar surface area (TPSA) is 52.9 Å². The van der Waals surface area contributed by atoms with E-state index in [2.05, 4.69) is 11.8 Å². The summed E-state index contributed by atoms with van der Waals surface area (Å²) in [5, 5.41) is 21.1. The maximum atomic E-state index is 11.2. The zero-order valence-electron chi connectivity index (χ0n) is 13.5. The zero-order chi connectivity index (χ0) is 15.7. The molecule has 1 aromatic carbocycles. The maximum Gasteiger partial charge on any atom is 0.119 e. The van der Waals surface area contributed by atoms with Crippen molar-refractivity contribution in [3.05, 3.63) is 24.3 Å². The second-order valence-electron chi connectivity index (χ2n) is 6.84. The number of hydrogen-bond donors (Lipinski definition) is 2. The summed E-state index contributed by atoms with van der Waals surface area (Å²) in [5.74, 6) is 1.20. The molecule has 0 amide bonds. The van der Waals surface area contributed by atoms with Gasteiger partial charge in [-0.05, 0) is 37.1 Å². The van der Waals surface area contributed by atoms with Crippen molar-refractivity contribution >= 4 is 5.69 Å². The fourth-order valence-corrected chi connectivity index (χ4v) is 4.45. The van der Waals surface area contributed by atoms with Gasteiger partial charge in [-0.25, -0.2) is 0 Å². The molecule has 0 unspecified atom stereocenters. The summed E-state index contributed by atoms with van der Waals surface area (Å²) in [7, 11) is 1.66. The van der Waals surface area contributed by atoms with Gasteiger partial charge >= 0.3 is 0 Å². The van der Waals surface area contributed by atoms with Gasteiger partial charge < -0.3 is 19.8 Å². The Balaban J connectivity index is 1.90. The predicted molar refractivity (Wildman–Crippen MR) is 87.3 cm³/mol. The van der Waals surface area contributed by atoms with Gasteiger partial charge in [-0.3, -0.25) is 0 Å². The summed E-state index contributed by atoms with van der Waals surface area (Å²) in [6.45, 7) is 3.01. The van der Waals surface area contributed by atoms with E-state index in [1.165, 1.54) is 0 Å². The molecule has 1 aliphatic heterocycles. The summed E-state index contributed by atoms with van der Waals surface area (Å²) >= 11 is 0. The third-order valence-corrected chi connectivity index (χ3v) is 5.76. The smallest absolute Gasteiger partial charge is 0.119 e. The van der Waals surface area contributed by atoms with E-state index in [0.717, 1.165) is 43.7 Å². The van der Waals surface area contributed by atoms with Gasteiger partial charge in [0.25, 0.3) is 0 Å². The van der Waals surface area contributed by atoms with Crippen LogP contribution in [0.1, 0.15) is 32.6 Å². The van der Waals surface area contributed by atoms with Crippen molar-refractivity contribution in [2.75, 3.05) is 25.2 Å². The molecular weight excluding hydrogens is 278 g/mol. The quantitative estimate of drug-likeness (QED) is 0.900. The average molecular weight is 305 g/mol. The van der Waals surface area contributed by atoms with Crippen molar-refractivity contribution in [2.45, 2.75) is 44.2 Å². The molecular formula is C18H27NO3. The normalized spacial score (nSPS) is 35.1. The van der Waals surface area contributed by atoms with Crippen molar-refractivity contribution < 1.29 is 14.9 Å². The van der Waals surface area contributed by atoms with Gasteiger partial charge in [0.2, 0.25) is 0 Å². The van der Waals surface area contributed by atoms with Crippen LogP contribution in [0.2, 0.25) is 0 Å². The molecule has 0 spiro atoms. The van der Waals surface area contributed by atoms with Crippen molar-refractivity contribution in [1.29, 1.82) is 0 Å². The van der Waals surface area contributed by atoms with E-state index in [-0.39, 0.29) is 24.5 Å². The first-order valence-corrected chi connectivity index (χ1v) is 8.34. The number of rotatable bonds is 3. The lowest BCUT2D eigenvalue weighted by atomic mass is 9.63. The first-order valence-electron chi connectivity index (χ1n) is 8.34. The van der Waals surface area contributed by atoms with Crippen molar-refractivity contribution in [3.8, 4) is 5.75 Å². The van der Waals surface area contributed by atoms with Gasteiger partial charge in [0.1, 0.15) is 5.75 Å². The molecule has 0 aromatic heterocycles. The fraction of sp³-hybridized carbons (Fsp3) is 0.667. The molecule has 1 heterocycles. The summed E-state index contributed by atoms with van der Waals surface area (Å²) in [5.41, 5.74) is 0.480. The van der Waals surface area contributed by atoms with Crippen LogP contribution in [-0.2, 0) is 0 Å². The second kappa shape index (κ2) is 6.09. The van der Waals surface area contributed by atoms with Gasteiger partial charge in [0, 0.05) is 24.1 Å². The van der Waals surface area contributed by atoms with Gasteiger partial charge in [0.05, 0.1) is 25.4 Å². The number of nitrogens with zero attached hydrogens (tertiary/aromatic N) is 1. The zero-order valence-corrected chi connectivity index (χ0v) is 13.5.